The molecule has 4 saturated carbocycles. The van der Waals surface area contributed by atoms with Crippen LogP contribution in [0.4, 0.5) is 5.69 Å². The van der Waals surface area contributed by atoms with Gasteiger partial charge in [0.15, 0.2) is 0 Å². The molecule has 0 spiro atoms. The van der Waals surface area contributed by atoms with Crippen LogP contribution in [0.5, 0.6) is 5.75 Å². The number of benzene rings is 1. The quantitative estimate of drug-likeness (QED) is 0.316. The molecule has 0 aromatic heterocycles. The number of amides is 1. The topological polar surface area (TPSA) is 75.4 Å². The van der Waals surface area contributed by atoms with Crippen molar-refractivity contribution in [3.05, 3.63) is 23.8 Å². The van der Waals surface area contributed by atoms with Gasteiger partial charge in [-0.05, 0) is 122 Å². The standard InChI is InChI=1S/C34H54N2O2/c1-21(2)7-6-8-22(3)28-13-14-29-26-11-9-23-19-25(36-32(38)27-12-10-24(35)20-31(27)37)15-17-33(23,4)30(26)16-18-34(28,29)5/h10,12,20-23,25-26,28-30,37H,6-9,11,13-19,35H2,1-5H3,(H,36,38)/t22-,23?,25-,26+,28-,29+,30+,33+,34-/m1/s1. The number of anilines is 1. The summed E-state index contributed by atoms with van der Waals surface area (Å²) in [6.07, 6.45) is 16.0. The molecule has 9 atom stereocenters. The molecule has 38 heavy (non-hydrogen) atoms. The van der Waals surface area contributed by atoms with Gasteiger partial charge in [0.1, 0.15) is 5.75 Å². The van der Waals surface area contributed by atoms with Gasteiger partial charge in [-0.1, -0.05) is 53.9 Å². The molecule has 4 N–H and O–H groups in total. The first-order valence-electron chi connectivity index (χ1n) is 15.9. The maximum atomic E-state index is 12.9. The minimum Gasteiger partial charge on any atom is -0.507 e. The van der Waals surface area contributed by atoms with E-state index < -0.39 is 0 Å². The van der Waals surface area contributed by atoms with Crippen molar-refractivity contribution in [2.45, 2.75) is 118 Å². The van der Waals surface area contributed by atoms with E-state index in [1.807, 2.05) is 0 Å². The smallest absolute Gasteiger partial charge is 0.255 e. The molecule has 1 aromatic rings. The van der Waals surface area contributed by atoms with Crippen molar-refractivity contribution in [2.75, 3.05) is 5.73 Å². The highest BCUT2D eigenvalue weighted by Crippen LogP contribution is 2.68. The second-order valence-corrected chi connectivity index (χ2v) is 14.9. The SMILES string of the molecule is CC(C)CCC[C@@H](C)[C@H]1CC[C@H]2[C@@H]3CCC4C[C@H](NC(=O)c5ccc(N)cc5O)CC[C@]4(C)[C@H]3CC[C@]12C. The fraction of sp³-hybridized carbons (Fsp3) is 0.794. The van der Waals surface area contributed by atoms with E-state index in [4.69, 9.17) is 5.73 Å². The lowest BCUT2D eigenvalue weighted by Crippen LogP contribution is -2.55. The molecule has 0 saturated heterocycles. The Morgan fingerprint density at radius 3 is 2.47 bits per heavy atom. The zero-order chi connectivity index (χ0) is 27.2. The summed E-state index contributed by atoms with van der Waals surface area (Å²) < 4.78 is 0. The summed E-state index contributed by atoms with van der Waals surface area (Å²) in [6, 6.07) is 4.98. The number of hydrogen-bond acceptors (Lipinski definition) is 3. The molecule has 4 aliphatic rings. The predicted octanol–water partition coefficient (Wildman–Crippen LogP) is 8.19. The Kier molecular flexibility index (Phi) is 7.84. The lowest BCUT2D eigenvalue weighted by Gasteiger charge is -2.61. The molecule has 1 aromatic carbocycles. The molecule has 1 amide bonds. The van der Waals surface area contributed by atoms with E-state index in [2.05, 4.69) is 39.9 Å². The number of nitrogens with two attached hydrogens (primary N) is 1. The summed E-state index contributed by atoms with van der Waals surface area (Å²) in [7, 11) is 0. The van der Waals surface area contributed by atoms with Gasteiger partial charge in [0.05, 0.1) is 5.56 Å². The van der Waals surface area contributed by atoms with E-state index in [-0.39, 0.29) is 17.7 Å². The Bertz CT molecular complexity index is 1010. The van der Waals surface area contributed by atoms with Gasteiger partial charge in [-0.15, -0.1) is 0 Å². The molecule has 4 aliphatic carbocycles. The number of carbonyl (C=O) groups excluding carboxylic acids is 1. The molecular formula is C34H54N2O2. The fourth-order valence-corrected chi connectivity index (χ4v) is 10.4. The first-order chi connectivity index (χ1) is 18.0. The summed E-state index contributed by atoms with van der Waals surface area (Å²) in [5, 5.41) is 13.5. The van der Waals surface area contributed by atoms with Crippen molar-refractivity contribution in [3.8, 4) is 5.75 Å². The summed E-state index contributed by atoms with van der Waals surface area (Å²) in [5.41, 5.74) is 7.52. The Morgan fingerprint density at radius 2 is 1.74 bits per heavy atom. The van der Waals surface area contributed by atoms with Crippen LogP contribution in [0.2, 0.25) is 0 Å². The minimum atomic E-state index is -0.169. The monoisotopic (exact) mass is 522 g/mol. The minimum absolute atomic E-state index is 0.0296. The normalized spacial score (nSPS) is 39.2. The molecule has 4 fully saturated rings. The third kappa shape index (κ3) is 4.99. The lowest BCUT2D eigenvalue weighted by atomic mass is 9.44. The van der Waals surface area contributed by atoms with Crippen molar-refractivity contribution >= 4 is 11.6 Å². The predicted molar refractivity (Wildman–Crippen MR) is 157 cm³/mol. The van der Waals surface area contributed by atoms with Gasteiger partial charge in [0, 0.05) is 17.8 Å². The molecule has 212 valence electrons. The highest BCUT2D eigenvalue weighted by Gasteiger charge is 2.60. The first kappa shape index (κ1) is 27.8. The molecule has 4 nitrogen and oxygen atoms in total. The van der Waals surface area contributed by atoms with Gasteiger partial charge in [-0.25, -0.2) is 0 Å². The number of carbonyl (C=O) groups is 1. The Labute approximate surface area is 231 Å². The Balaban J connectivity index is 1.22. The van der Waals surface area contributed by atoms with E-state index in [1.165, 1.54) is 70.3 Å². The number of fused-ring (bicyclic) bond motifs is 5. The molecule has 0 radical (unpaired) electrons. The van der Waals surface area contributed by atoms with Crippen LogP contribution in [0.15, 0.2) is 18.2 Å². The molecule has 0 aliphatic heterocycles. The van der Waals surface area contributed by atoms with Gasteiger partial charge >= 0.3 is 0 Å². The molecule has 5 rings (SSSR count). The van der Waals surface area contributed by atoms with Gasteiger partial charge < -0.3 is 16.2 Å². The van der Waals surface area contributed by atoms with Crippen LogP contribution in [0.1, 0.15) is 122 Å². The Hall–Kier alpha value is -1.71. The van der Waals surface area contributed by atoms with Crippen LogP contribution in [-0.2, 0) is 0 Å². The largest absolute Gasteiger partial charge is 0.507 e. The molecular weight excluding hydrogens is 468 g/mol. The average molecular weight is 523 g/mol. The maximum Gasteiger partial charge on any atom is 0.255 e. The van der Waals surface area contributed by atoms with E-state index in [0.29, 0.717) is 28.0 Å². The van der Waals surface area contributed by atoms with Gasteiger partial charge in [-0.3, -0.25) is 4.79 Å². The van der Waals surface area contributed by atoms with Crippen LogP contribution < -0.4 is 11.1 Å². The molecule has 1 unspecified atom stereocenters. The second-order valence-electron chi connectivity index (χ2n) is 14.9. The zero-order valence-electron chi connectivity index (χ0n) is 24.8. The number of aromatic hydroxyl groups is 1. The maximum absolute atomic E-state index is 12.9. The zero-order valence-corrected chi connectivity index (χ0v) is 24.8. The average Bonchev–Trinajstić information content (AvgIpc) is 3.21. The van der Waals surface area contributed by atoms with Crippen LogP contribution >= 0.6 is 0 Å². The van der Waals surface area contributed by atoms with Crippen molar-refractivity contribution in [1.82, 2.24) is 5.32 Å². The van der Waals surface area contributed by atoms with Crippen molar-refractivity contribution in [3.63, 3.8) is 0 Å². The lowest BCUT2D eigenvalue weighted by molar-refractivity contribution is -0.117. The van der Waals surface area contributed by atoms with Crippen LogP contribution in [-0.4, -0.2) is 17.1 Å². The number of phenolic OH excluding ortho intramolecular Hbond substituents is 1. The van der Waals surface area contributed by atoms with Crippen molar-refractivity contribution < 1.29 is 9.90 Å². The van der Waals surface area contributed by atoms with Crippen molar-refractivity contribution in [1.29, 1.82) is 0 Å². The fourth-order valence-electron chi connectivity index (χ4n) is 10.4. The van der Waals surface area contributed by atoms with E-state index >= 15 is 0 Å². The van der Waals surface area contributed by atoms with Gasteiger partial charge in [0.25, 0.3) is 5.91 Å². The number of rotatable bonds is 7. The molecule has 0 heterocycles. The number of nitrogen functional groups attached to an aromatic ring is 1. The third-order valence-electron chi connectivity index (χ3n) is 12.5. The number of hydrogen-bond donors (Lipinski definition) is 3. The van der Waals surface area contributed by atoms with E-state index in [1.54, 1.807) is 12.1 Å². The highest BCUT2D eigenvalue weighted by molar-refractivity contribution is 5.97. The van der Waals surface area contributed by atoms with Crippen LogP contribution in [0.3, 0.4) is 0 Å². The van der Waals surface area contributed by atoms with Crippen LogP contribution in [0, 0.1) is 52.3 Å². The highest BCUT2D eigenvalue weighted by atomic mass is 16.3. The number of nitrogens with one attached hydrogen (secondary N) is 1. The number of phenols is 1. The Morgan fingerprint density at radius 1 is 1.00 bits per heavy atom. The van der Waals surface area contributed by atoms with Crippen molar-refractivity contribution in [2.24, 2.45) is 52.3 Å². The summed E-state index contributed by atoms with van der Waals surface area (Å²) in [6.45, 7) is 12.6. The summed E-state index contributed by atoms with van der Waals surface area (Å²) in [4.78, 5) is 12.9. The summed E-state index contributed by atoms with van der Waals surface area (Å²) in [5.74, 6) is 5.78. The van der Waals surface area contributed by atoms with Gasteiger partial charge in [0.2, 0.25) is 0 Å². The van der Waals surface area contributed by atoms with E-state index in [9.17, 15) is 9.90 Å². The van der Waals surface area contributed by atoms with Gasteiger partial charge in [-0.2, -0.15) is 0 Å². The second kappa shape index (κ2) is 10.7. The van der Waals surface area contributed by atoms with E-state index in [0.717, 1.165) is 48.3 Å². The first-order valence-corrected chi connectivity index (χ1v) is 15.9. The van der Waals surface area contributed by atoms with Crippen LogP contribution in [0.25, 0.3) is 0 Å². The third-order valence-corrected chi connectivity index (χ3v) is 12.5. The molecule has 0 bridgehead atoms. The summed E-state index contributed by atoms with van der Waals surface area (Å²) >= 11 is 0. The molecule has 4 heteroatoms.